The smallest absolute Gasteiger partial charge is 0.0735 e. The molecule has 18 heavy (non-hydrogen) atoms. The minimum atomic E-state index is -0.129. The summed E-state index contributed by atoms with van der Waals surface area (Å²) in [6, 6.07) is 0.340. The van der Waals surface area contributed by atoms with Gasteiger partial charge in [0.05, 0.1) is 6.10 Å². The van der Waals surface area contributed by atoms with E-state index in [0.29, 0.717) is 12.0 Å². The van der Waals surface area contributed by atoms with Gasteiger partial charge in [-0.3, -0.25) is 4.90 Å². The summed E-state index contributed by atoms with van der Waals surface area (Å²) >= 11 is 0. The van der Waals surface area contributed by atoms with Gasteiger partial charge in [0, 0.05) is 25.7 Å². The van der Waals surface area contributed by atoms with Crippen molar-refractivity contribution in [2.24, 2.45) is 11.8 Å². The molecule has 2 aliphatic rings. The number of nitrogens with zero attached hydrogens (tertiary/aromatic N) is 2. The van der Waals surface area contributed by atoms with Crippen molar-refractivity contribution in [1.29, 1.82) is 0 Å². The largest absolute Gasteiger partial charge is 0.391 e. The third-order valence-corrected chi connectivity index (χ3v) is 5.25. The molecule has 0 aromatic carbocycles. The van der Waals surface area contributed by atoms with Gasteiger partial charge in [-0.05, 0) is 38.8 Å². The molecular formula is C15H30N2O. The van der Waals surface area contributed by atoms with Gasteiger partial charge in [-0.1, -0.05) is 26.2 Å². The molecule has 2 unspecified atom stereocenters. The predicted molar refractivity (Wildman–Crippen MR) is 75.7 cm³/mol. The Labute approximate surface area is 112 Å². The van der Waals surface area contributed by atoms with Gasteiger partial charge < -0.3 is 10.0 Å². The van der Waals surface area contributed by atoms with E-state index in [0.717, 1.165) is 25.6 Å². The third kappa shape index (κ3) is 3.25. The summed E-state index contributed by atoms with van der Waals surface area (Å²) in [6.07, 6.45) is 6.29. The predicted octanol–water partition coefficient (Wildman–Crippen LogP) is 1.81. The minimum Gasteiger partial charge on any atom is -0.391 e. The van der Waals surface area contributed by atoms with E-state index in [1.807, 2.05) is 0 Å². The summed E-state index contributed by atoms with van der Waals surface area (Å²) in [5, 5.41) is 10.7. The fourth-order valence-corrected chi connectivity index (χ4v) is 3.67. The van der Waals surface area contributed by atoms with Crippen LogP contribution in [0.4, 0.5) is 0 Å². The summed E-state index contributed by atoms with van der Waals surface area (Å²) in [5.74, 6) is 1.45. The molecule has 0 bridgehead atoms. The monoisotopic (exact) mass is 254 g/mol. The normalized spacial score (nSPS) is 37.7. The maximum absolute atomic E-state index is 10.7. The lowest BCUT2D eigenvalue weighted by atomic mass is 9.76. The third-order valence-electron chi connectivity index (χ3n) is 5.25. The molecule has 1 saturated heterocycles. The molecular weight excluding hydrogens is 224 g/mol. The van der Waals surface area contributed by atoms with Crippen LogP contribution in [0.1, 0.15) is 39.0 Å². The Morgan fingerprint density at radius 2 is 1.78 bits per heavy atom. The summed E-state index contributed by atoms with van der Waals surface area (Å²) < 4.78 is 0. The second-order valence-electron chi connectivity index (χ2n) is 6.49. The van der Waals surface area contributed by atoms with Crippen molar-refractivity contribution in [1.82, 2.24) is 9.80 Å². The van der Waals surface area contributed by atoms with Crippen molar-refractivity contribution in [3.63, 3.8) is 0 Å². The molecule has 2 rings (SSSR count). The Kier molecular flexibility index (Phi) is 5.05. The van der Waals surface area contributed by atoms with E-state index < -0.39 is 0 Å². The first-order valence-corrected chi connectivity index (χ1v) is 7.68. The summed E-state index contributed by atoms with van der Waals surface area (Å²) in [5.41, 5.74) is 0. The van der Waals surface area contributed by atoms with E-state index in [4.69, 9.17) is 0 Å². The van der Waals surface area contributed by atoms with Gasteiger partial charge in [0.25, 0.3) is 0 Å². The fourth-order valence-electron chi connectivity index (χ4n) is 3.67. The lowest BCUT2D eigenvalue weighted by Gasteiger charge is -2.43. The molecule has 1 heterocycles. The quantitative estimate of drug-likeness (QED) is 0.832. The molecule has 1 saturated carbocycles. The number of hydrogen-bond donors (Lipinski definition) is 1. The SMILES string of the molecule is CCC1CCC(C(O)C2CN(C)CCN2C)CC1. The number of aliphatic hydroxyl groups is 1. The van der Waals surface area contributed by atoms with Crippen molar-refractivity contribution in [2.45, 2.75) is 51.2 Å². The van der Waals surface area contributed by atoms with Crippen LogP contribution in [0.3, 0.4) is 0 Å². The first-order valence-electron chi connectivity index (χ1n) is 7.68. The number of hydrogen-bond acceptors (Lipinski definition) is 3. The van der Waals surface area contributed by atoms with Crippen molar-refractivity contribution in [2.75, 3.05) is 33.7 Å². The molecule has 3 nitrogen and oxygen atoms in total. The fraction of sp³-hybridized carbons (Fsp3) is 1.00. The molecule has 2 atom stereocenters. The van der Waals surface area contributed by atoms with Crippen LogP contribution in [0.5, 0.6) is 0 Å². The molecule has 1 aliphatic heterocycles. The van der Waals surface area contributed by atoms with Gasteiger partial charge >= 0.3 is 0 Å². The highest BCUT2D eigenvalue weighted by Crippen LogP contribution is 2.34. The highest BCUT2D eigenvalue weighted by Gasteiger charge is 2.35. The van der Waals surface area contributed by atoms with E-state index in [9.17, 15) is 5.11 Å². The zero-order valence-corrected chi connectivity index (χ0v) is 12.3. The Balaban J connectivity index is 1.88. The van der Waals surface area contributed by atoms with Gasteiger partial charge in [0.15, 0.2) is 0 Å². The van der Waals surface area contributed by atoms with Gasteiger partial charge in [0.2, 0.25) is 0 Å². The first kappa shape index (κ1) is 14.3. The molecule has 106 valence electrons. The average molecular weight is 254 g/mol. The van der Waals surface area contributed by atoms with Crippen LogP contribution < -0.4 is 0 Å². The van der Waals surface area contributed by atoms with Crippen LogP contribution >= 0.6 is 0 Å². The highest BCUT2D eigenvalue weighted by atomic mass is 16.3. The van der Waals surface area contributed by atoms with Crippen LogP contribution in [0.15, 0.2) is 0 Å². The van der Waals surface area contributed by atoms with Crippen LogP contribution in [0.25, 0.3) is 0 Å². The summed E-state index contributed by atoms with van der Waals surface area (Å²) in [7, 11) is 4.33. The lowest BCUT2D eigenvalue weighted by molar-refractivity contribution is -0.0280. The second-order valence-corrected chi connectivity index (χ2v) is 6.49. The van der Waals surface area contributed by atoms with Crippen molar-refractivity contribution >= 4 is 0 Å². The first-order chi connectivity index (χ1) is 8.61. The van der Waals surface area contributed by atoms with Crippen LogP contribution in [-0.2, 0) is 0 Å². The van der Waals surface area contributed by atoms with Crippen LogP contribution in [0, 0.1) is 11.8 Å². The summed E-state index contributed by atoms with van der Waals surface area (Å²) in [4.78, 5) is 4.71. The molecule has 0 radical (unpaired) electrons. The molecule has 3 heteroatoms. The summed E-state index contributed by atoms with van der Waals surface area (Å²) in [6.45, 7) is 5.53. The molecule has 1 aliphatic carbocycles. The van der Waals surface area contributed by atoms with Crippen molar-refractivity contribution in [3.05, 3.63) is 0 Å². The number of aliphatic hydroxyl groups excluding tert-OH is 1. The van der Waals surface area contributed by atoms with E-state index in [1.54, 1.807) is 0 Å². The molecule has 2 fully saturated rings. The van der Waals surface area contributed by atoms with Gasteiger partial charge in [-0.25, -0.2) is 0 Å². The molecule has 0 aromatic heterocycles. The molecule has 1 N–H and O–H groups in total. The van der Waals surface area contributed by atoms with E-state index >= 15 is 0 Å². The Bertz CT molecular complexity index is 251. The average Bonchev–Trinajstić information content (AvgIpc) is 2.41. The molecule has 0 amide bonds. The number of likely N-dealkylation sites (N-methyl/N-ethyl adjacent to an activating group) is 2. The minimum absolute atomic E-state index is 0.129. The van der Waals surface area contributed by atoms with Gasteiger partial charge in [-0.15, -0.1) is 0 Å². The Hall–Kier alpha value is -0.120. The maximum Gasteiger partial charge on any atom is 0.0735 e. The molecule has 0 aromatic rings. The topological polar surface area (TPSA) is 26.7 Å². The number of rotatable bonds is 3. The van der Waals surface area contributed by atoms with E-state index in [1.165, 1.54) is 32.1 Å². The second kappa shape index (κ2) is 6.36. The van der Waals surface area contributed by atoms with Crippen LogP contribution in [-0.4, -0.2) is 60.8 Å². The highest BCUT2D eigenvalue weighted by molar-refractivity contribution is 4.89. The van der Waals surface area contributed by atoms with Crippen molar-refractivity contribution in [3.8, 4) is 0 Å². The Morgan fingerprint density at radius 3 is 2.39 bits per heavy atom. The maximum atomic E-state index is 10.7. The van der Waals surface area contributed by atoms with Crippen LogP contribution in [0.2, 0.25) is 0 Å². The van der Waals surface area contributed by atoms with E-state index in [-0.39, 0.29) is 6.10 Å². The van der Waals surface area contributed by atoms with Gasteiger partial charge in [-0.2, -0.15) is 0 Å². The zero-order valence-electron chi connectivity index (χ0n) is 12.3. The standard InChI is InChI=1S/C15H30N2O/c1-4-12-5-7-13(8-6-12)15(18)14-11-16(2)9-10-17(14)3/h12-15,18H,4-11H2,1-3H3. The Morgan fingerprint density at radius 1 is 1.11 bits per heavy atom. The lowest BCUT2D eigenvalue weighted by Crippen LogP contribution is -2.56. The number of piperazine rings is 1. The molecule has 0 spiro atoms. The van der Waals surface area contributed by atoms with Gasteiger partial charge in [0.1, 0.15) is 0 Å². The zero-order chi connectivity index (χ0) is 13.1. The van der Waals surface area contributed by atoms with Crippen molar-refractivity contribution < 1.29 is 5.11 Å². The van der Waals surface area contributed by atoms with E-state index in [2.05, 4.69) is 30.8 Å².